The van der Waals surface area contributed by atoms with Crippen molar-refractivity contribution in [3.05, 3.63) is 59.3 Å². The van der Waals surface area contributed by atoms with Crippen LogP contribution in [-0.4, -0.2) is 59.8 Å². The summed E-state index contributed by atoms with van der Waals surface area (Å²) in [5.41, 5.74) is 8.10. The van der Waals surface area contributed by atoms with Gasteiger partial charge >= 0.3 is 10.2 Å². The molecule has 0 bridgehead atoms. The lowest BCUT2D eigenvalue weighted by Gasteiger charge is -2.26. The number of nitrogens with zero attached hydrogens (tertiary/aromatic N) is 4. The number of hydrogen-bond acceptors (Lipinski definition) is 4. The highest BCUT2D eigenvalue weighted by Gasteiger charge is 2.30. The Balaban J connectivity index is 1.41. The van der Waals surface area contributed by atoms with E-state index in [0.29, 0.717) is 11.5 Å². The van der Waals surface area contributed by atoms with E-state index in [4.69, 9.17) is 0 Å². The number of likely N-dealkylation sites (tertiary alicyclic amines) is 1. The van der Waals surface area contributed by atoms with Gasteiger partial charge in [-0.1, -0.05) is 49.9 Å². The fourth-order valence-electron chi connectivity index (χ4n) is 7.80. The van der Waals surface area contributed by atoms with E-state index in [9.17, 15) is 13.2 Å². The Hall–Kier alpha value is -3.14. The van der Waals surface area contributed by atoms with Gasteiger partial charge in [0.05, 0.1) is 11.2 Å². The number of benzene rings is 2. The van der Waals surface area contributed by atoms with Gasteiger partial charge in [0.1, 0.15) is 0 Å². The third-order valence-electron chi connectivity index (χ3n) is 9.94. The van der Waals surface area contributed by atoms with Gasteiger partial charge in [-0.2, -0.15) is 12.7 Å². The maximum Gasteiger partial charge on any atom is 0.303 e. The van der Waals surface area contributed by atoms with Crippen molar-refractivity contribution < 1.29 is 13.2 Å². The zero-order valence-electron chi connectivity index (χ0n) is 25.4. The number of piperidine rings is 1. The summed E-state index contributed by atoms with van der Waals surface area (Å²) in [5, 5.41) is 2.55. The van der Waals surface area contributed by atoms with Crippen molar-refractivity contribution in [2.75, 3.05) is 27.2 Å². The molecule has 2 aromatic carbocycles. The lowest BCUT2D eigenvalue weighted by molar-refractivity contribution is 0.0980. The Labute approximate surface area is 254 Å². The van der Waals surface area contributed by atoms with Gasteiger partial charge < -0.3 is 9.13 Å². The van der Waals surface area contributed by atoms with Crippen LogP contribution in [0.1, 0.15) is 85.2 Å². The molecule has 0 radical (unpaired) electrons. The summed E-state index contributed by atoms with van der Waals surface area (Å²) in [6.45, 7) is 5.14. The van der Waals surface area contributed by atoms with E-state index in [-0.39, 0.29) is 0 Å². The number of aromatic nitrogens is 2. The summed E-state index contributed by atoms with van der Waals surface area (Å²) in [6, 6.07) is 12.6. The molecule has 7 rings (SSSR count). The van der Waals surface area contributed by atoms with Crippen LogP contribution in [0.25, 0.3) is 33.1 Å². The molecule has 1 N–H and O–H groups in total. The second kappa shape index (κ2) is 11.4. The van der Waals surface area contributed by atoms with Crippen LogP contribution in [0.4, 0.5) is 0 Å². The zero-order chi connectivity index (χ0) is 29.7. The average molecular weight is 602 g/mol. The highest BCUT2D eigenvalue weighted by atomic mass is 32.2. The maximum absolute atomic E-state index is 13.2. The molecule has 4 heterocycles. The third-order valence-corrected chi connectivity index (χ3v) is 11.3. The van der Waals surface area contributed by atoms with Crippen molar-refractivity contribution >= 4 is 37.9 Å². The SMILES string of the molecule is CN(C)S(=O)(=O)NC(=O)c1ccc2c(C3CCCCC3)c3n(c2c1)CCCn1cc(CN2CCCCC2)c2cccc-3c21. The summed E-state index contributed by atoms with van der Waals surface area (Å²) in [5.74, 6) is -0.137. The predicted octanol–water partition coefficient (Wildman–Crippen LogP) is 6.24. The first-order valence-corrected chi connectivity index (χ1v) is 17.5. The van der Waals surface area contributed by atoms with Gasteiger partial charge in [-0.25, -0.2) is 4.72 Å². The molecule has 1 saturated heterocycles. The molecule has 1 amide bonds. The van der Waals surface area contributed by atoms with E-state index >= 15 is 0 Å². The molecule has 2 fully saturated rings. The molecule has 3 aliphatic rings. The molecular weight excluding hydrogens is 558 g/mol. The van der Waals surface area contributed by atoms with Crippen LogP contribution in [-0.2, 0) is 29.8 Å². The molecule has 43 heavy (non-hydrogen) atoms. The zero-order valence-corrected chi connectivity index (χ0v) is 26.3. The normalized spacial score (nSPS) is 18.6. The van der Waals surface area contributed by atoms with Crippen LogP contribution in [0, 0.1) is 0 Å². The summed E-state index contributed by atoms with van der Waals surface area (Å²) in [6.07, 6.45) is 13.4. The number of hydrogen-bond donors (Lipinski definition) is 1. The predicted molar refractivity (Wildman–Crippen MR) is 173 cm³/mol. The standard InChI is InChI=1S/C34H43N5O3S/c1-36(2)43(41,42)35-34(40)25-15-16-28-30(21-25)39-20-10-19-38-23-26(22-37-17-7-4-8-18-37)27-13-9-14-29(32(27)38)33(39)31(28)24-11-5-3-6-12-24/h9,13-16,21,23-24H,3-8,10-12,17-20,22H2,1-2H3,(H,35,40). The molecule has 1 saturated carbocycles. The second-order valence-corrected chi connectivity index (χ2v) is 14.8. The highest BCUT2D eigenvalue weighted by Crippen LogP contribution is 2.47. The van der Waals surface area contributed by atoms with Crippen molar-refractivity contribution in [1.82, 2.24) is 23.1 Å². The minimum atomic E-state index is -3.89. The van der Waals surface area contributed by atoms with Gasteiger partial charge in [-0.05, 0) is 74.4 Å². The second-order valence-electron chi connectivity index (χ2n) is 12.9. The van der Waals surface area contributed by atoms with E-state index in [0.717, 1.165) is 35.9 Å². The molecule has 2 aliphatic heterocycles. The largest absolute Gasteiger partial charge is 0.347 e. The van der Waals surface area contributed by atoms with Crippen LogP contribution >= 0.6 is 0 Å². The van der Waals surface area contributed by atoms with E-state index in [2.05, 4.69) is 49.2 Å². The first kappa shape index (κ1) is 28.6. The van der Waals surface area contributed by atoms with Crippen LogP contribution in [0.15, 0.2) is 42.6 Å². The lowest BCUT2D eigenvalue weighted by atomic mass is 9.81. The van der Waals surface area contributed by atoms with Crippen molar-refractivity contribution in [2.45, 2.75) is 83.3 Å². The fraction of sp³-hybridized carbons (Fsp3) is 0.500. The van der Waals surface area contributed by atoms with Gasteiger partial charge in [0.25, 0.3) is 5.91 Å². The quantitative estimate of drug-likeness (QED) is 0.284. The number of fused-ring (bicyclic) bond motifs is 4. The first-order valence-electron chi connectivity index (χ1n) is 16.1. The van der Waals surface area contributed by atoms with Crippen molar-refractivity contribution in [3.8, 4) is 11.3 Å². The van der Waals surface area contributed by atoms with Crippen molar-refractivity contribution in [1.29, 1.82) is 0 Å². The molecule has 0 unspecified atom stereocenters. The molecule has 9 heteroatoms. The van der Waals surface area contributed by atoms with Gasteiger partial charge in [0, 0.05) is 67.3 Å². The Morgan fingerprint density at radius 2 is 1.67 bits per heavy atom. The Bertz CT molecular complexity index is 1790. The Morgan fingerprint density at radius 1 is 0.907 bits per heavy atom. The van der Waals surface area contributed by atoms with Crippen LogP contribution < -0.4 is 4.72 Å². The Morgan fingerprint density at radius 3 is 2.44 bits per heavy atom. The van der Waals surface area contributed by atoms with Gasteiger partial charge in [-0.15, -0.1) is 0 Å². The average Bonchev–Trinajstić information content (AvgIpc) is 3.51. The van der Waals surface area contributed by atoms with E-state index in [1.165, 1.54) is 117 Å². The molecule has 8 nitrogen and oxygen atoms in total. The van der Waals surface area contributed by atoms with Crippen molar-refractivity contribution in [3.63, 3.8) is 0 Å². The smallest absolute Gasteiger partial charge is 0.303 e. The van der Waals surface area contributed by atoms with Crippen molar-refractivity contribution in [2.24, 2.45) is 0 Å². The number of amides is 1. The van der Waals surface area contributed by atoms with E-state index in [1.54, 1.807) is 6.07 Å². The van der Waals surface area contributed by atoms with E-state index in [1.807, 2.05) is 6.07 Å². The highest BCUT2D eigenvalue weighted by molar-refractivity contribution is 7.87. The third kappa shape index (κ3) is 5.19. The number of nitrogens with one attached hydrogen (secondary N) is 1. The monoisotopic (exact) mass is 601 g/mol. The topological polar surface area (TPSA) is 79.6 Å². The Kier molecular flexibility index (Phi) is 7.60. The molecular formula is C34H43N5O3S. The lowest BCUT2D eigenvalue weighted by Crippen LogP contribution is -2.39. The molecule has 2 aromatic heterocycles. The summed E-state index contributed by atoms with van der Waals surface area (Å²) in [7, 11) is -1.05. The summed E-state index contributed by atoms with van der Waals surface area (Å²) in [4.78, 5) is 15.8. The molecule has 228 valence electrons. The van der Waals surface area contributed by atoms with Crippen LogP contribution in [0.2, 0.25) is 0 Å². The van der Waals surface area contributed by atoms with Gasteiger partial charge in [0.2, 0.25) is 0 Å². The number of carbonyl (C=O) groups excluding carboxylic acids is 1. The molecule has 4 aromatic rings. The van der Waals surface area contributed by atoms with Crippen LogP contribution in [0.5, 0.6) is 0 Å². The summed E-state index contributed by atoms with van der Waals surface area (Å²) >= 11 is 0. The maximum atomic E-state index is 13.2. The number of para-hydroxylation sites is 1. The van der Waals surface area contributed by atoms with E-state index < -0.39 is 16.1 Å². The van der Waals surface area contributed by atoms with Gasteiger partial charge in [0.15, 0.2) is 0 Å². The fourth-order valence-corrected chi connectivity index (χ4v) is 8.33. The number of aryl methyl sites for hydroxylation is 2. The molecule has 1 aliphatic carbocycles. The summed E-state index contributed by atoms with van der Waals surface area (Å²) < 4.78 is 33.1. The first-order chi connectivity index (χ1) is 20.8. The van der Waals surface area contributed by atoms with Gasteiger partial charge in [-0.3, -0.25) is 9.69 Å². The number of carbonyl (C=O) groups is 1. The van der Waals surface area contributed by atoms with Crippen LogP contribution in [0.3, 0.4) is 0 Å². The number of rotatable bonds is 6. The molecule has 0 atom stereocenters. The minimum Gasteiger partial charge on any atom is -0.347 e. The molecule has 0 spiro atoms. The minimum absolute atomic E-state index is 0.362.